The standard InChI is InChI=1S/C10H23NO5S2/c12-2-4-14-6-8-16-10-9-15-7-5-13-3-1-11-18-17/h11-12,17H,1-10H2. The molecule has 0 aliphatic heterocycles. The number of aliphatic hydroxyl groups excluding tert-OH is 1. The topological polar surface area (TPSA) is 69.2 Å². The summed E-state index contributed by atoms with van der Waals surface area (Å²) in [5.74, 6) is 0. The first-order valence-electron chi connectivity index (χ1n) is 5.87. The predicted molar refractivity (Wildman–Crippen MR) is 74.9 cm³/mol. The number of thiol groups is 1. The first kappa shape index (κ1) is 18.5. The minimum Gasteiger partial charge on any atom is -0.394 e. The van der Waals surface area contributed by atoms with Crippen LogP contribution in [0.4, 0.5) is 0 Å². The molecule has 0 amide bonds. The van der Waals surface area contributed by atoms with Crippen molar-refractivity contribution in [2.75, 3.05) is 66.0 Å². The molecule has 0 aliphatic rings. The minimum absolute atomic E-state index is 0.0469. The Hall–Kier alpha value is 0.460. The zero-order chi connectivity index (χ0) is 13.3. The number of hydrogen-bond donors (Lipinski definition) is 3. The minimum atomic E-state index is 0.0469. The van der Waals surface area contributed by atoms with E-state index in [1.54, 1.807) is 0 Å². The summed E-state index contributed by atoms with van der Waals surface area (Å²) in [6.07, 6.45) is 0. The van der Waals surface area contributed by atoms with Gasteiger partial charge in [-0.1, -0.05) is 11.7 Å². The van der Waals surface area contributed by atoms with Crippen LogP contribution in [0, 0.1) is 0 Å². The van der Waals surface area contributed by atoms with Crippen LogP contribution in [0.5, 0.6) is 0 Å². The molecule has 0 aliphatic carbocycles. The first-order valence-corrected chi connectivity index (χ1v) is 7.73. The zero-order valence-electron chi connectivity index (χ0n) is 10.5. The number of aliphatic hydroxyl groups is 1. The predicted octanol–water partition coefficient (Wildman–Crippen LogP) is 0.128. The smallest absolute Gasteiger partial charge is 0.0701 e. The lowest BCUT2D eigenvalue weighted by Gasteiger charge is -2.07. The van der Waals surface area contributed by atoms with Crippen LogP contribution in [0.2, 0.25) is 0 Å². The Morgan fingerprint density at radius 1 is 0.778 bits per heavy atom. The Kier molecular flexibility index (Phi) is 17.9. The third-order valence-corrected chi connectivity index (χ3v) is 2.49. The molecule has 6 nitrogen and oxygen atoms in total. The van der Waals surface area contributed by atoms with Gasteiger partial charge in [0.15, 0.2) is 0 Å². The number of ether oxygens (including phenoxy) is 4. The Morgan fingerprint density at radius 2 is 1.22 bits per heavy atom. The van der Waals surface area contributed by atoms with Crippen molar-refractivity contribution in [2.45, 2.75) is 0 Å². The summed E-state index contributed by atoms with van der Waals surface area (Å²) in [6, 6.07) is 0. The molecule has 110 valence electrons. The van der Waals surface area contributed by atoms with E-state index in [-0.39, 0.29) is 6.61 Å². The van der Waals surface area contributed by atoms with E-state index in [1.807, 2.05) is 0 Å². The monoisotopic (exact) mass is 301 g/mol. The molecule has 0 atom stereocenters. The Morgan fingerprint density at radius 3 is 1.67 bits per heavy atom. The highest BCUT2D eigenvalue weighted by atomic mass is 33.1. The van der Waals surface area contributed by atoms with Crippen molar-refractivity contribution in [2.24, 2.45) is 0 Å². The fourth-order valence-electron chi connectivity index (χ4n) is 0.986. The summed E-state index contributed by atoms with van der Waals surface area (Å²) < 4.78 is 23.8. The maximum absolute atomic E-state index is 8.45. The maximum Gasteiger partial charge on any atom is 0.0701 e. The van der Waals surface area contributed by atoms with Gasteiger partial charge in [0.2, 0.25) is 0 Å². The van der Waals surface area contributed by atoms with E-state index in [2.05, 4.69) is 16.4 Å². The average molecular weight is 301 g/mol. The fraction of sp³-hybridized carbons (Fsp3) is 1.00. The Labute approximate surface area is 118 Å². The van der Waals surface area contributed by atoms with E-state index >= 15 is 0 Å². The molecular formula is C10H23NO5S2. The van der Waals surface area contributed by atoms with Gasteiger partial charge in [-0.2, -0.15) is 0 Å². The Balaban J connectivity index is 2.86. The second-order valence-corrected chi connectivity index (χ2v) is 4.18. The molecule has 2 N–H and O–H groups in total. The number of hydrogen-bond acceptors (Lipinski definition) is 8. The second-order valence-electron chi connectivity index (χ2n) is 3.16. The van der Waals surface area contributed by atoms with Crippen molar-refractivity contribution in [3.8, 4) is 0 Å². The SMILES string of the molecule is OCCOCCOCCOCCOCCNSS. The quantitative estimate of drug-likeness (QED) is 0.172. The highest BCUT2D eigenvalue weighted by Crippen LogP contribution is 1.94. The second kappa shape index (κ2) is 17.5. The van der Waals surface area contributed by atoms with Crippen LogP contribution in [0.15, 0.2) is 0 Å². The van der Waals surface area contributed by atoms with Gasteiger partial charge in [0, 0.05) is 6.54 Å². The fourth-order valence-corrected chi connectivity index (χ4v) is 1.43. The van der Waals surface area contributed by atoms with Crippen molar-refractivity contribution in [3.05, 3.63) is 0 Å². The van der Waals surface area contributed by atoms with Gasteiger partial charge in [-0.3, -0.25) is 4.72 Å². The van der Waals surface area contributed by atoms with Crippen LogP contribution >= 0.6 is 22.6 Å². The Bertz CT molecular complexity index is 140. The van der Waals surface area contributed by atoms with E-state index in [0.717, 1.165) is 6.54 Å². The molecule has 0 saturated heterocycles. The van der Waals surface area contributed by atoms with Crippen molar-refractivity contribution in [1.82, 2.24) is 4.72 Å². The summed E-state index contributed by atoms with van der Waals surface area (Å²) >= 11 is 3.93. The largest absolute Gasteiger partial charge is 0.394 e. The molecule has 0 spiro atoms. The van der Waals surface area contributed by atoms with Crippen LogP contribution in [0.1, 0.15) is 0 Å². The number of nitrogens with one attached hydrogen (secondary N) is 1. The molecule has 0 aromatic carbocycles. The molecule has 18 heavy (non-hydrogen) atoms. The van der Waals surface area contributed by atoms with E-state index < -0.39 is 0 Å². The highest BCUT2D eigenvalue weighted by Gasteiger charge is 1.92. The van der Waals surface area contributed by atoms with E-state index in [1.165, 1.54) is 11.0 Å². The lowest BCUT2D eigenvalue weighted by molar-refractivity contribution is -0.00493. The van der Waals surface area contributed by atoms with E-state index in [4.69, 9.17) is 24.1 Å². The normalized spacial score (nSPS) is 11.0. The van der Waals surface area contributed by atoms with Gasteiger partial charge in [0.1, 0.15) is 0 Å². The number of rotatable bonds is 15. The molecule has 0 aromatic rings. The average Bonchev–Trinajstić information content (AvgIpc) is 2.39. The van der Waals surface area contributed by atoms with Crippen LogP contribution in [0.3, 0.4) is 0 Å². The lowest BCUT2D eigenvalue weighted by atomic mass is 10.7. The van der Waals surface area contributed by atoms with Crippen molar-refractivity contribution in [3.63, 3.8) is 0 Å². The third kappa shape index (κ3) is 16.5. The molecular weight excluding hydrogens is 278 g/mol. The van der Waals surface area contributed by atoms with Gasteiger partial charge in [0.05, 0.1) is 59.5 Å². The zero-order valence-corrected chi connectivity index (χ0v) is 12.2. The van der Waals surface area contributed by atoms with Crippen molar-refractivity contribution in [1.29, 1.82) is 0 Å². The summed E-state index contributed by atoms with van der Waals surface area (Å²) in [6.45, 7) is 5.09. The summed E-state index contributed by atoms with van der Waals surface area (Å²) in [4.78, 5) is 0. The van der Waals surface area contributed by atoms with E-state index in [9.17, 15) is 0 Å². The molecule has 0 radical (unpaired) electrons. The van der Waals surface area contributed by atoms with Gasteiger partial charge in [-0.15, -0.1) is 0 Å². The summed E-state index contributed by atoms with van der Waals surface area (Å²) in [7, 11) is 1.28. The molecule has 0 unspecified atom stereocenters. The van der Waals surface area contributed by atoms with E-state index in [0.29, 0.717) is 52.9 Å². The lowest BCUT2D eigenvalue weighted by Crippen LogP contribution is -2.15. The van der Waals surface area contributed by atoms with Gasteiger partial charge in [-0.05, 0) is 11.0 Å². The van der Waals surface area contributed by atoms with Crippen LogP contribution < -0.4 is 4.72 Å². The summed E-state index contributed by atoms with van der Waals surface area (Å²) in [5.41, 5.74) is 0. The van der Waals surface area contributed by atoms with Gasteiger partial charge in [-0.25, -0.2) is 0 Å². The van der Waals surface area contributed by atoms with Crippen LogP contribution in [-0.4, -0.2) is 71.1 Å². The molecule has 0 bridgehead atoms. The van der Waals surface area contributed by atoms with Crippen LogP contribution in [0.25, 0.3) is 0 Å². The van der Waals surface area contributed by atoms with Gasteiger partial charge in [0.25, 0.3) is 0 Å². The van der Waals surface area contributed by atoms with Crippen molar-refractivity contribution < 1.29 is 24.1 Å². The van der Waals surface area contributed by atoms with Gasteiger partial charge < -0.3 is 24.1 Å². The molecule has 0 aromatic heterocycles. The van der Waals surface area contributed by atoms with Crippen LogP contribution in [-0.2, 0) is 18.9 Å². The highest BCUT2D eigenvalue weighted by molar-refractivity contribution is 8.67. The molecule has 0 fully saturated rings. The molecule has 0 rings (SSSR count). The molecule has 0 saturated carbocycles. The van der Waals surface area contributed by atoms with Gasteiger partial charge >= 0.3 is 0 Å². The maximum atomic E-state index is 8.45. The molecule has 8 heteroatoms. The first-order chi connectivity index (χ1) is 8.91. The summed E-state index contributed by atoms with van der Waals surface area (Å²) in [5, 5.41) is 8.45. The third-order valence-electron chi connectivity index (χ3n) is 1.76. The van der Waals surface area contributed by atoms with Crippen molar-refractivity contribution >= 4 is 22.6 Å². The molecule has 0 heterocycles.